The van der Waals surface area contributed by atoms with Gasteiger partial charge in [-0.25, -0.2) is 4.99 Å². The van der Waals surface area contributed by atoms with Crippen LogP contribution in [0.4, 0.5) is 5.69 Å². The Balaban J connectivity index is 1.82. The standard InChI is InChI=1S/C20H20N2O3S/c1-4-25-16-9-8-14(11-17(16)24-3)12-18-19(23)22-20(26-18)21-15-7-5-6-13(2)10-15/h5-12H,4H2,1-3H3,(H,21,22,23)/b18-12-. The van der Waals surface area contributed by atoms with Crippen LogP contribution in [-0.2, 0) is 4.79 Å². The molecule has 1 heterocycles. The molecule has 6 heteroatoms. The molecule has 134 valence electrons. The quantitative estimate of drug-likeness (QED) is 0.800. The topological polar surface area (TPSA) is 59.9 Å². The van der Waals surface area contributed by atoms with Gasteiger partial charge >= 0.3 is 0 Å². The number of thioether (sulfide) groups is 1. The molecule has 0 radical (unpaired) electrons. The largest absolute Gasteiger partial charge is 0.493 e. The predicted molar refractivity (Wildman–Crippen MR) is 106 cm³/mol. The van der Waals surface area contributed by atoms with Crippen molar-refractivity contribution < 1.29 is 14.3 Å². The molecule has 1 N–H and O–H groups in total. The number of nitrogens with zero attached hydrogens (tertiary/aromatic N) is 1. The van der Waals surface area contributed by atoms with Gasteiger partial charge in [0, 0.05) is 0 Å². The molecule has 1 aliphatic rings. The van der Waals surface area contributed by atoms with Crippen LogP contribution in [0.3, 0.4) is 0 Å². The van der Waals surface area contributed by atoms with Crippen molar-refractivity contribution >= 4 is 34.6 Å². The van der Waals surface area contributed by atoms with Crippen LogP contribution in [0.1, 0.15) is 18.1 Å². The molecule has 0 bridgehead atoms. The highest BCUT2D eigenvalue weighted by Gasteiger charge is 2.24. The summed E-state index contributed by atoms with van der Waals surface area (Å²) in [5.41, 5.74) is 2.80. The maximum atomic E-state index is 12.2. The van der Waals surface area contributed by atoms with Gasteiger partial charge in [0.25, 0.3) is 5.91 Å². The lowest BCUT2D eigenvalue weighted by atomic mass is 10.2. The summed E-state index contributed by atoms with van der Waals surface area (Å²) >= 11 is 1.32. The van der Waals surface area contributed by atoms with Crippen molar-refractivity contribution in [3.63, 3.8) is 0 Å². The number of amidine groups is 1. The van der Waals surface area contributed by atoms with Crippen molar-refractivity contribution in [3.05, 3.63) is 58.5 Å². The van der Waals surface area contributed by atoms with E-state index in [1.54, 1.807) is 7.11 Å². The lowest BCUT2D eigenvalue weighted by Gasteiger charge is -2.09. The van der Waals surface area contributed by atoms with E-state index in [4.69, 9.17) is 9.47 Å². The van der Waals surface area contributed by atoms with Crippen molar-refractivity contribution in [1.29, 1.82) is 0 Å². The Kier molecular flexibility index (Phi) is 5.63. The lowest BCUT2D eigenvalue weighted by molar-refractivity contribution is -0.115. The minimum Gasteiger partial charge on any atom is -0.493 e. The number of carbonyl (C=O) groups excluding carboxylic acids is 1. The highest BCUT2D eigenvalue weighted by Crippen LogP contribution is 2.32. The summed E-state index contributed by atoms with van der Waals surface area (Å²) in [5.74, 6) is 1.16. The Hall–Kier alpha value is -2.73. The first-order chi connectivity index (χ1) is 12.6. The van der Waals surface area contributed by atoms with Crippen LogP contribution in [0.2, 0.25) is 0 Å². The Morgan fingerprint density at radius 2 is 2.04 bits per heavy atom. The first-order valence-corrected chi connectivity index (χ1v) is 9.08. The molecule has 3 rings (SSSR count). The second-order valence-electron chi connectivity index (χ2n) is 5.66. The Morgan fingerprint density at radius 1 is 1.19 bits per heavy atom. The van der Waals surface area contributed by atoms with Crippen molar-refractivity contribution in [2.45, 2.75) is 13.8 Å². The highest BCUT2D eigenvalue weighted by atomic mass is 32.2. The number of ether oxygens (including phenoxy) is 2. The van der Waals surface area contributed by atoms with Crippen molar-refractivity contribution in [2.75, 3.05) is 13.7 Å². The first kappa shape index (κ1) is 18.1. The predicted octanol–water partition coefficient (Wildman–Crippen LogP) is 4.29. The number of hydrogen-bond donors (Lipinski definition) is 1. The fraction of sp³-hybridized carbons (Fsp3) is 0.200. The molecule has 1 saturated heterocycles. The molecule has 0 aliphatic carbocycles. The first-order valence-electron chi connectivity index (χ1n) is 8.26. The molecule has 0 aromatic heterocycles. The van der Waals surface area contributed by atoms with Crippen LogP contribution in [0.15, 0.2) is 52.4 Å². The van der Waals surface area contributed by atoms with Crippen molar-refractivity contribution in [3.8, 4) is 11.5 Å². The van der Waals surface area contributed by atoms with E-state index in [1.165, 1.54) is 11.8 Å². The summed E-state index contributed by atoms with van der Waals surface area (Å²) in [7, 11) is 1.60. The fourth-order valence-corrected chi connectivity index (χ4v) is 3.34. The van der Waals surface area contributed by atoms with E-state index in [0.717, 1.165) is 16.8 Å². The van der Waals surface area contributed by atoms with Gasteiger partial charge in [-0.15, -0.1) is 0 Å². The molecule has 1 aliphatic heterocycles. The molecule has 1 fully saturated rings. The van der Waals surface area contributed by atoms with Crippen LogP contribution < -0.4 is 14.8 Å². The Bertz CT molecular complexity index is 890. The number of nitrogens with one attached hydrogen (secondary N) is 1. The average molecular weight is 368 g/mol. The van der Waals surface area contributed by atoms with Gasteiger partial charge < -0.3 is 14.8 Å². The SMILES string of the molecule is CCOc1ccc(/C=C2\SC(=Nc3cccc(C)c3)NC2=O)cc1OC. The normalized spacial score (nSPS) is 16.8. The fourth-order valence-electron chi connectivity index (χ4n) is 2.50. The molecular formula is C20H20N2O3S. The number of rotatable bonds is 5. The lowest BCUT2D eigenvalue weighted by Crippen LogP contribution is -2.19. The smallest absolute Gasteiger partial charge is 0.264 e. The summed E-state index contributed by atoms with van der Waals surface area (Å²) < 4.78 is 10.9. The minimum absolute atomic E-state index is 0.158. The molecule has 0 spiro atoms. The Labute approximate surface area is 157 Å². The number of aliphatic imine (C=N–C) groups is 1. The molecule has 0 saturated carbocycles. The molecule has 0 unspecified atom stereocenters. The second-order valence-corrected chi connectivity index (χ2v) is 6.69. The highest BCUT2D eigenvalue weighted by molar-refractivity contribution is 8.18. The zero-order valence-corrected chi connectivity index (χ0v) is 15.7. The van der Waals surface area contributed by atoms with Crippen LogP contribution in [-0.4, -0.2) is 24.8 Å². The zero-order chi connectivity index (χ0) is 18.5. The van der Waals surface area contributed by atoms with Gasteiger partial charge in [-0.1, -0.05) is 18.2 Å². The monoisotopic (exact) mass is 368 g/mol. The summed E-state index contributed by atoms with van der Waals surface area (Å²) in [5, 5.41) is 3.38. The van der Waals surface area contributed by atoms with E-state index >= 15 is 0 Å². The van der Waals surface area contributed by atoms with Crippen LogP contribution in [0.5, 0.6) is 11.5 Å². The van der Waals surface area contributed by atoms with Gasteiger partial charge in [-0.05, 0) is 67.1 Å². The minimum atomic E-state index is -0.158. The average Bonchev–Trinajstić information content (AvgIpc) is 2.95. The zero-order valence-electron chi connectivity index (χ0n) is 14.9. The third-order valence-corrected chi connectivity index (χ3v) is 4.58. The van der Waals surface area contributed by atoms with Gasteiger partial charge in [0.15, 0.2) is 16.7 Å². The number of methoxy groups -OCH3 is 1. The van der Waals surface area contributed by atoms with Crippen LogP contribution in [0.25, 0.3) is 6.08 Å². The van der Waals surface area contributed by atoms with E-state index in [0.29, 0.717) is 28.2 Å². The number of carbonyl (C=O) groups is 1. The maximum absolute atomic E-state index is 12.2. The van der Waals surface area contributed by atoms with E-state index in [2.05, 4.69) is 10.3 Å². The number of hydrogen-bond acceptors (Lipinski definition) is 5. The second kappa shape index (κ2) is 8.10. The third kappa shape index (κ3) is 4.26. The van der Waals surface area contributed by atoms with Crippen LogP contribution >= 0.6 is 11.8 Å². The Morgan fingerprint density at radius 3 is 2.77 bits per heavy atom. The van der Waals surface area contributed by atoms with E-state index < -0.39 is 0 Å². The van der Waals surface area contributed by atoms with E-state index in [9.17, 15) is 4.79 Å². The van der Waals surface area contributed by atoms with E-state index in [-0.39, 0.29) is 5.91 Å². The molecule has 2 aromatic rings. The summed E-state index contributed by atoms with van der Waals surface area (Å²) in [6.45, 7) is 4.49. The van der Waals surface area contributed by atoms with E-state index in [1.807, 2.05) is 62.4 Å². The maximum Gasteiger partial charge on any atom is 0.264 e. The molecule has 2 aromatic carbocycles. The van der Waals surface area contributed by atoms with Gasteiger partial charge in [0.1, 0.15) is 0 Å². The summed E-state index contributed by atoms with van der Waals surface area (Å²) in [6, 6.07) is 13.4. The summed E-state index contributed by atoms with van der Waals surface area (Å²) in [4.78, 5) is 17.3. The number of amides is 1. The molecule has 26 heavy (non-hydrogen) atoms. The number of aryl methyl sites for hydroxylation is 1. The van der Waals surface area contributed by atoms with Gasteiger partial charge in [-0.3, -0.25) is 4.79 Å². The summed E-state index contributed by atoms with van der Waals surface area (Å²) in [6.07, 6.45) is 1.82. The third-order valence-electron chi connectivity index (χ3n) is 3.67. The molecule has 5 nitrogen and oxygen atoms in total. The molecule has 1 amide bonds. The van der Waals surface area contributed by atoms with Gasteiger partial charge in [0.2, 0.25) is 0 Å². The molecule has 0 atom stereocenters. The van der Waals surface area contributed by atoms with Crippen molar-refractivity contribution in [1.82, 2.24) is 5.32 Å². The van der Waals surface area contributed by atoms with Crippen molar-refractivity contribution in [2.24, 2.45) is 4.99 Å². The van der Waals surface area contributed by atoms with Crippen LogP contribution in [0, 0.1) is 6.92 Å². The molecular weight excluding hydrogens is 348 g/mol. The van der Waals surface area contributed by atoms with Gasteiger partial charge in [0.05, 0.1) is 24.3 Å². The number of benzene rings is 2. The van der Waals surface area contributed by atoms with Gasteiger partial charge in [-0.2, -0.15) is 0 Å².